The van der Waals surface area contributed by atoms with Gasteiger partial charge in [0.1, 0.15) is 10.6 Å². The maximum Gasteiger partial charge on any atom is 0.265 e. The van der Waals surface area contributed by atoms with Gasteiger partial charge in [0.25, 0.3) is 5.91 Å². The highest BCUT2D eigenvalue weighted by atomic mass is 32.1. The second-order valence-electron chi connectivity index (χ2n) is 2.96. The van der Waals surface area contributed by atoms with Gasteiger partial charge in [0, 0.05) is 6.54 Å². The topological polar surface area (TPSA) is 38.3 Å². The van der Waals surface area contributed by atoms with Gasteiger partial charge in [-0.3, -0.25) is 4.79 Å². The second kappa shape index (κ2) is 4.81. The summed E-state index contributed by atoms with van der Waals surface area (Å²) in [6, 6.07) is 1.78. The summed E-state index contributed by atoms with van der Waals surface area (Å²) in [7, 11) is 1.55. The molecule has 0 aliphatic carbocycles. The van der Waals surface area contributed by atoms with Crippen LogP contribution in [0.2, 0.25) is 0 Å². The van der Waals surface area contributed by atoms with Crippen LogP contribution in [0, 0.1) is 0 Å². The first kappa shape index (κ1) is 10.8. The highest BCUT2D eigenvalue weighted by molar-refractivity contribution is 7.12. The molecule has 0 fully saturated rings. The summed E-state index contributed by atoms with van der Waals surface area (Å²) < 4.78 is 5.04. The molecule has 0 aromatic carbocycles. The number of rotatable bonds is 4. The lowest BCUT2D eigenvalue weighted by Gasteiger charge is -2.04. The molecule has 0 aliphatic heterocycles. The molecule has 14 heavy (non-hydrogen) atoms. The van der Waals surface area contributed by atoms with E-state index in [2.05, 4.69) is 11.9 Å². The Balaban J connectivity index is 2.64. The predicted octanol–water partition coefficient (Wildman–Crippen LogP) is 2.06. The molecule has 0 unspecified atom stereocenters. The van der Waals surface area contributed by atoms with Gasteiger partial charge in [0.15, 0.2) is 0 Å². The molecule has 0 saturated carbocycles. The van der Waals surface area contributed by atoms with E-state index >= 15 is 0 Å². The van der Waals surface area contributed by atoms with Crippen LogP contribution < -0.4 is 10.1 Å². The summed E-state index contributed by atoms with van der Waals surface area (Å²) in [6.07, 6.45) is 0. The Morgan fingerprint density at radius 2 is 2.43 bits per heavy atom. The van der Waals surface area contributed by atoms with Crippen molar-refractivity contribution in [2.45, 2.75) is 6.92 Å². The van der Waals surface area contributed by atoms with Crippen LogP contribution in [-0.4, -0.2) is 19.6 Å². The lowest BCUT2D eigenvalue weighted by Crippen LogP contribution is -2.24. The summed E-state index contributed by atoms with van der Waals surface area (Å²) in [5.74, 6) is 0.508. The maximum atomic E-state index is 11.6. The van der Waals surface area contributed by atoms with E-state index in [1.54, 1.807) is 13.2 Å². The van der Waals surface area contributed by atoms with Crippen LogP contribution in [-0.2, 0) is 0 Å². The number of amides is 1. The van der Waals surface area contributed by atoms with Gasteiger partial charge in [-0.05, 0) is 18.4 Å². The molecule has 0 aliphatic rings. The number of hydrogen-bond acceptors (Lipinski definition) is 3. The van der Waals surface area contributed by atoms with E-state index < -0.39 is 0 Å². The molecule has 0 radical (unpaired) electrons. The van der Waals surface area contributed by atoms with Crippen molar-refractivity contribution in [2.24, 2.45) is 0 Å². The van der Waals surface area contributed by atoms with Crippen LogP contribution in [0.5, 0.6) is 5.75 Å². The standard InChI is InChI=1S/C10H13NO2S/c1-7(2)6-11-10(12)9-8(13-3)4-5-14-9/h4-5H,1,6H2,2-3H3,(H,11,12). The number of thiophene rings is 1. The third kappa shape index (κ3) is 2.60. The Kier molecular flexibility index (Phi) is 3.71. The SMILES string of the molecule is C=C(C)CNC(=O)c1sccc1OC. The summed E-state index contributed by atoms with van der Waals surface area (Å²) in [4.78, 5) is 12.2. The second-order valence-corrected chi connectivity index (χ2v) is 3.87. The van der Waals surface area contributed by atoms with Crippen LogP contribution in [0.4, 0.5) is 0 Å². The molecule has 0 bridgehead atoms. The van der Waals surface area contributed by atoms with Crippen LogP contribution in [0.15, 0.2) is 23.6 Å². The van der Waals surface area contributed by atoms with E-state index in [0.29, 0.717) is 17.2 Å². The van der Waals surface area contributed by atoms with E-state index in [4.69, 9.17) is 4.74 Å². The first-order valence-corrected chi connectivity index (χ1v) is 5.07. The predicted molar refractivity (Wildman–Crippen MR) is 58.0 cm³/mol. The lowest BCUT2D eigenvalue weighted by molar-refractivity contribution is 0.0958. The quantitative estimate of drug-likeness (QED) is 0.774. The molecular weight excluding hydrogens is 198 g/mol. The normalized spacial score (nSPS) is 9.57. The number of carbonyl (C=O) groups is 1. The number of ether oxygens (including phenoxy) is 1. The Hall–Kier alpha value is -1.29. The van der Waals surface area contributed by atoms with Crippen LogP contribution in [0.1, 0.15) is 16.6 Å². The number of carbonyl (C=O) groups excluding carboxylic acids is 1. The van der Waals surface area contributed by atoms with Crippen molar-refractivity contribution >= 4 is 17.2 Å². The number of hydrogen-bond donors (Lipinski definition) is 1. The van der Waals surface area contributed by atoms with Crippen molar-refractivity contribution in [1.29, 1.82) is 0 Å². The molecule has 0 spiro atoms. The molecule has 0 saturated heterocycles. The van der Waals surface area contributed by atoms with Crippen LogP contribution >= 0.6 is 11.3 Å². The van der Waals surface area contributed by atoms with Crippen LogP contribution in [0.25, 0.3) is 0 Å². The highest BCUT2D eigenvalue weighted by Crippen LogP contribution is 2.23. The Morgan fingerprint density at radius 3 is 3.00 bits per heavy atom. The van der Waals surface area contributed by atoms with Crippen molar-refractivity contribution in [3.63, 3.8) is 0 Å². The smallest absolute Gasteiger partial charge is 0.265 e. The van der Waals surface area contributed by atoms with Gasteiger partial charge in [0.05, 0.1) is 7.11 Å². The molecule has 76 valence electrons. The van der Waals surface area contributed by atoms with E-state index in [-0.39, 0.29) is 5.91 Å². The molecule has 1 aromatic rings. The Morgan fingerprint density at radius 1 is 1.71 bits per heavy atom. The number of methoxy groups -OCH3 is 1. The molecular formula is C10H13NO2S. The fourth-order valence-electron chi connectivity index (χ4n) is 0.935. The zero-order valence-corrected chi connectivity index (χ0v) is 9.11. The van der Waals surface area contributed by atoms with Gasteiger partial charge in [0.2, 0.25) is 0 Å². The fourth-order valence-corrected chi connectivity index (χ4v) is 1.71. The highest BCUT2D eigenvalue weighted by Gasteiger charge is 2.12. The zero-order chi connectivity index (χ0) is 10.6. The first-order chi connectivity index (χ1) is 6.65. The van der Waals surface area contributed by atoms with E-state index in [1.165, 1.54) is 11.3 Å². The van der Waals surface area contributed by atoms with Gasteiger partial charge in [-0.15, -0.1) is 11.3 Å². The lowest BCUT2D eigenvalue weighted by atomic mass is 10.3. The molecule has 1 N–H and O–H groups in total. The average Bonchev–Trinajstić information content (AvgIpc) is 2.61. The van der Waals surface area contributed by atoms with Crippen molar-refractivity contribution in [3.8, 4) is 5.75 Å². The fraction of sp³-hybridized carbons (Fsp3) is 0.300. The van der Waals surface area contributed by atoms with E-state index in [0.717, 1.165) is 5.57 Å². The molecule has 1 heterocycles. The number of nitrogens with one attached hydrogen (secondary N) is 1. The van der Waals surface area contributed by atoms with E-state index in [1.807, 2.05) is 12.3 Å². The largest absolute Gasteiger partial charge is 0.495 e. The van der Waals surface area contributed by atoms with Gasteiger partial charge in [-0.2, -0.15) is 0 Å². The molecule has 0 atom stereocenters. The molecule has 1 aromatic heterocycles. The third-order valence-corrected chi connectivity index (χ3v) is 2.50. The van der Waals surface area contributed by atoms with Crippen molar-refractivity contribution < 1.29 is 9.53 Å². The summed E-state index contributed by atoms with van der Waals surface area (Å²) >= 11 is 1.37. The monoisotopic (exact) mass is 211 g/mol. The zero-order valence-electron chi connectivity index (χ0n) is 8.29. The van der Waals surface area contributed by atoms with Crippen molar-refractivity contribution in [2.75, 3.05) is 13.7 Å². The van der Waals surface area contributed by atoms with E-state index in [9.17, 15) is 4.79 Å². The maximum absolute atomic E-state index is 11.6. The van der Waals surface area contributed by atoms with Crippen molar-refractivity contribution in [3.05, 3.63) is 28.5 Å². The van der Waals surface area contributed by atoms with Crippen molar-refractivity contribution in [1.82, 2.24) is 5.32 Å². The summed E-state index contributed by atoms with van der Waals surface area (Å²) in [5.41, 5.74) is 0.925. The van der Waals surface area contributed by atoms with Gasteiger partial charge < -0.3 is 10.1 Å². The van der Waals surface area contributed by atoms with Crippen LogP contribution in [0.3, 0.4) is 0 Å². The minimum absolute atomic E-state index is 0.111. The third-order valence-electron chi connectivity index (χ3n) is 1.61. The average molecular weight is 211 g/mol. The van der Waals surface area contributed by atoms with Gasteiger partial charge in [-0.1, -0.05) is 12.2 Å². The Bertz CT molecular complexity index is 344. The summed E-state index contributed by atoms with van der Waals surface area (Å²) in [5, 5.41) is 4.58. The minimum atomic E-state index is -0.111. The summed E-state index contributed by atoms with van der Waals surface area (Å²) in [6.45, 7) is 6.08. The minimum Gasteiger partial charge on any atom is -0.495 e. The van der Waals surface area contributed by atoms with Gasteiger partial charge >= 0.3 is 0 Å². The molecule has 4 heteroatoms. The first-order valence-electron chi connectivity index (χ1n) is 4.19. The molecule has 1 rings (SSSR count). The molecule has 1 amide bonds. The molecule has 3 nitrogen and oxygen atoms in total. The Labute approximate surface area is 87.4 Å². The van der Waals surface area contributed by atoms with Gasteiger partial charge in [-0.25, -0.2) is 0 Å².